The topological polar surface area (TPSA) is 162 Å². The molecule has 1 atom stereocenters. The second kappa shape index (κ2) is 11.3. The van der Waals surface area contributed by atoms with Gasteiger partial charge in [-0.25, -0.2) is 9.97 Å². The molecular formula is C32H32ClN7O4S. The van der Waals surface area contributed by atoms with Gasteiger partial charge in [0, 0.05) is 61.8 Å². The van der Waals surface area contributed by atoms with Gasteiger partial charge < -0.3 is 26.2 Å². The number of aromatic hydroxyl groups is 1. The van der Waals surface area contributed by atoms with E-state index < -0.39 is 5.60 Å². The molecule has 4 aromatic rings. The average Bonchev–Trinajstić information content (AvgIpc) is 3.30. The summed E-state index contributed by atoms with van der Waals surface area (Å²) in [4.78, 5) is 42.4. The van der Waals surface area contributed by atoms with Crippen molar-refractivity contribution >= 4 is 40.8 Å². The number of Topliss-reactive ketones (excluding diaryl/α,β-unsaturated/α-hetero) is 1. The Labute approximate surface area is 268 Å². The molecule has 1 spiro atoms. The summed E-state index contributed by atoms with van der Waals surface area (Å²) in [6.07, 6.45) is 3.70. The summed E-state index contributed by atoms with van der Waals surface area (Å²) in [5, 5.41) is 11.3. The van der Waals surface area contributed by atoms with E-state index in [4.69, 9.17) is 27.8 Å². The Balaban J connectivity index is 1.16. The first-order chi connectivity index (χ1) is 21.7. The third kappa shape index (κ3) is 5.01. The fraction of sp³-hybridized carbons (Fsp3) is 0.344. The number of aryl methyl sites for hydroxylation is 1. The van der Waals surface area contributed by atoms with Gasteiger partial charge in [-0.2, -0.15) is 4.98 Å². The molecule has 3 aliphatic rings. The Hall–Kier alpha value is -4.13. The highest BCUT2D eigenvalue weighted by atomic mass is 35.5. The molecule has 0 aliphatic carbocycles. The van der Waals surface area contributed by atoms with E-state index in [1.165, 1.54) is 6.92 Å². The lowest BCUT2D eigenvalue weighted by Crippen LogP contribution is -2.52. The molecule has 0 bridgehead atoms. The lowest BCUT2D eigenvalue weighted by Gasteiger charge is -2.41. The summed E-state index contributed by atoms with van der Waals surface area (Å²) in [5.74, 6) is 1.35. The lowest BCUT2D eigenvalue weighted by molar-refractivity contribution is 0.0430. The highest BCUT2D eigenvalue weighted by Gasteiger charge is 2.48. The van der Waals surface area contributed by atoms with Crippen LogP contribution in [-0.2, 0) is 13.0 Å². The van der Waals surface area contributed by atoms with Gasteiger partial charge in [-0.15, -0.1) is 0 Å². The summed E-state index contributed by atoms with van der Waals surface area (Å²) in [5.41, 5.74) is 13.8. The maximum atomic E-state index is 13.4. The monoisotopic (exact) mass is 645 g/mol. The van der Waals surface area contributed by atoms with Crippen LogP contribution in [0.4, 0.5) is 11.6 Å². The molecule has 0 unspecified atom stereocenters. The number of ether oxygens (including phenoxy) is 1. The van der Waals surface area contributed by atoms with Crippen molar-refractivity contribution < 1.29 is 14.6 Å². The van der Waals surface area contributed by atoms with Gasteiger partial charge in [0.15, 0.2) is 17.4 Å². The highest BCUT2D eigenvalue weighted by molar-refractivity contribution is 7.99. The number of halogens is 1. The molecular weight excluding hydrogens is 614 g/mol. The highest BCUT2D eigenvalue weighted by Crippen LogP contribution is 2.48. The molecule has 5 heterocycles. The lowest BCUT2D eigenvalue weighted by atomic mass is 9.83. The minimum absolute atomic E-state index is 0.0452. The molecule has 3 aliphatic heterocycles. The number of rotatable bonds is 5. The minimum atomic E-state index is -0.516. The van der Waals surface area contributed by atoms with Crippen molar-refractivity contribution in [2.45, 2.75) is 67.1 Å². The maximum absolute atomic E-state index is 13.4. The Morgan fingerprint density at radius 1 is 1.09 bits per heavy atom. The van der Waals surface area contributed by atoms with Crippen LogP contribution < -0.4 is 26.7 Å². The number of carbonyl (C=O) groups excluding carboxylic acids is 1. The number of nitrogens with two attached hydrogens (primary N) is 2. The summed E-state index contributed by atoms with van der Waals surface area (Å²) in [6, 6.07) is 12.8. The molecule has 1 fully saturated rings. The van der Waals surface area contributed by atoms with E-state index in [0.29, 0.717) is 66.0 Å². The number of aromatic nitrogens is 4. The molecule has 2 aromatic carbocycles. The van der Waals surface area contributed by atoms with E-state index in [1.807, 2.05) is 29.2 Å². The molecule has 0 amide bonds. The van der Waals surface area contributed by atoms with Crippen molar-refractivity contribution in [3.63, 3.8) is 0 Å². The zero-order valence-corrected chi connectivity index (χ0v) is 26.2. The van der Waals surface area contributed by atoms with Crippen molar-refractivity contribution in [2.24, 2.45) is 5.73 Å². The Bertz CT molecular complexity index is 1910. The van der Waals surface area contributed by atoms with E-state index in [1.54, 1.807) is 22.8 Å². The summed E-state index contributed by atoms with van der Waals surface area (Å²) in [6.45, 7) is 3.11. The van der Waals surface area contributed by atoms with Crippen LogP contribution >= 0.6 is 23.4 Å². The predicted octanol–water partition coefficient (Wildman–Crippen LogP) is 4.76. The first-order valence-corrected chi connectivity index (χ1v) is 16.1. The van der Waals surface area contributed by atoms with E-state index in [0.717, 1.165) is 35.9 Å². The quantitative estimate of drug-likeness (QED) is 0.256. The first kappa shape index (κ1) is 29.6. The number of nitrogen functional groups attached to an aromatic ring is 1. The van der Waals surface area contributed by atoms with Gasteiger partial charge in [-0.1, -0.05) is 53.7 Å². The Kier molecular flexibility index (Phi) is 7.46. The third-order valence-electron chi connectivity index (χ3n) is 8.95. The molecule has 0 saturated carbocycles. The fourth-order valence-electron chi connectivity index (χ4n) is 6.55. The second-order valence-electron chi connectivity index (χ2n) is 11.7. The molecule has 7 rings (SSSR count). The largest absolute Gasteiger partial charge is 0.493 e. The SMILES string of the molecule is CC(=O)c1nc(Sc2cccc(-c3c(O)nc4n(c3=O)CCCC4)c2Cl)c(N)nc1N1CCC2(CC1)Oc1ccccc1[C@H]2N. The van der Waals surface area contributed by atoms with Crippen LogP contribution in [0.25, 0.3) is 11.1 Å². The number of fused-ring (bicyclic) bond motifs is 2. The molecule has 5 N–H and O–H groups in total. The Morgan fingerprint density at radius 3 is 2.62 bits per heavy atom. The van der Waals surface area contributed by atoms with Gasteiger partial charge in [0.05, 0.1) is 11.1 Å². The first-order valence-electron chi connectivity index (χ1n) is 14.9. The molecule has 45 heavy (non-hydrogen) atoms. The van der Waals surface area contributed by atoms with Gasteiger partial charge in [0.1, 0.15) is 33.5 Å². The smallest absolute Gasteiger partial charge is 0.265 e. The van der Waals surface area contributed by atoms with E-state index in [9.17, 15) is 14.7 Å². The maximum Gasteiger partial charge on any atom is 0.265 e. The van der Waals surface area contributed by atoms with Gasteiger partial charge >= 0.3 is 0 Å². The van der Waals surface area contributed by atoms with E-state index in [2.05, 4.69) is 15.0 Å². The van der Waals surface area contributed by atoms with Crippen LogP contribution in [0.1, 0.15) is 60.5 Å². The molecule has 0 radical (unpaired) electrons. The standard InChI is InChI=1S/C32H32ClN7O4S/c1-17(41)25-28(39-15-12-32(13-16-39)26(34)18-7-2-3-9-20(18)44-32)38-27(35)30(37-25)45-21-10-6-8-19(24(21)33)23-29(42)36-22-11-4-5-14-40(22)31(23)43/h2-3,6-10,26,42H,4-5,11-16,34H2,1H3,(H2,35,38)/t26-/m1/s1. The van der Waals surface area contributed by atoms with E-state index >= 15 is 0 Å². The summed E-state index contributed by atoms with van der Waals surface area (Å²) < 4.78 is 7.98. The van der Waals surface area contributed by atoms with Gasteiger partial charge in [0.2, 0.25) is 5.88 Å². The van der Waals surface area contributed by atoms with Crippen LogP contribution in [0, 0.1) is 0 Å². The summed E-state index contributed by atoms with van der Waals surface area (Å²) in [7, 11) is 0. The second-order valence-corrected chi connectivity index (χ2v) is 13.1. The zero-order chi connectivity index (χ0) is 31.5. The molecule has 2 aromatic heterocycles. The predicted molar refractivity (Wildman–Crippen MR) is 172 cm³/mol. The van der Waals surface area contributed by atoms with Gasteiger partial charge in [-0.05, 0) is 25.0 Å². The number of carbonyl (C=O) groups is 1. The molecule has 13 heteroatoms. The molecule has 232 valence electrons. The van der Waals surface area contributed by atoms with Crippen molar-refractivity contribution in [3.05, 3.63) is 74.9 Å². The van der Waals surface area contributed by atoms with Gasteiger partial charge in [-0.3, -0.25) is 14.2 Å². The number of ketones is 1. The number of nitrogens with zero attached hydrogens (tertiary/aromatic N) is 5. The molecule has 11 nitrogen and oxygen atoms in total. The van der Waals surface area contributed by atoms with Crippen LogP contribution in [0.2, 0.25) is 5.02 Å². The van der Waals surface area contributed by atoms with Crippen LogP contribution in [-0.4, -0.2) is 49.1 Å². The number of anilines is 2. The number of para-hydroxylation sites is 1. The van der Waals surface area contributed by atoms with Crippen molar-refractivity contribution in [1.29, 1.82) is 0 Å². The van der Waals surface area contributed by atoms with Crippen molar-refractivity contribution in [1.82, 2.24) is 19.5 Å². The van der Waals surface area contributed by atoms with Crippen LogP contribution in [0.15, 0.2) is 57.2 Å². The normalized spacial score (nSPS) is 18.4. The average molecular weight is 646 g/mol. The number of benzene rings is 2. The van der Waals surface area contributed by atoms with Crippen molar-refractivity contribution in [2.75, 3.05) is 23.7 Å². The number of piperidine rings is 1. The molecule has 1 saturated heterocycles. The van der Waals surface area contributed by atoms with E-state index in [-0.39, 0.29) is 45.4 Å². The van der Waals surface area contributed by atoms with Crippen LogP contribution in [0.5, 0.6) is 11.6 Å². The van der Waals surface area contributed by atoms with Crippen molar-refractivity contribution in [3.8, 4) is 22.8 Å². The number of hydrogen-bond acceptors (Lipinski definition) is 11. The zero-order valence-electron chi connectivity index (χ0n) is 24.6. The third-order valence-corrected chi connectivity index (χ3v) is 10.5. The summed E-state index contributed by atoms with van der Waals surface area (Å²) >= 11 is 7.98. The number of hydrogen-bond donors (Lipinski definition) is 3. The Morgan fingerprint density at radius 2 is 1.87 bits per heavy atom. The fourth-order valence-corrected chi connectivity index (χ4v) is 7.72. The van der Waals surface area contributed by atoms with Gasteiger partial charge in [0.25, 0.3) is 5.56 Å². The van der Waals surface area contributed by atoms with Crippen LogP contribution in [0.3, 0.4) is 0 Å². The minimum Gasteiger partial charge on any atom is -0.493 e.